The molecule has 0 bridgehead atoms. The van der Waals surface area contributed by atoms with Gasteiger partial charge in [0.05, 0.1) is 6.61 Å². The lowest BCUT2D eigenvalue weighted by atomic mass is 10.1. The number of thioether (sulfide) groups is 2. The average molecular weight is 377 g/mol. The second kappa shape index (κ2) is 9.53. The van der Waals surface area contributed by atoms with Crippen LogP contribution in [-0.2, 0) is 23.9 Å². The van der Waals surface area contributed by atoms with Crippen LogP contribution in [0.5, 0.6) is 0 Å². The molecule has 0 radical (unpaired) electrons. The lowest BCUT2D eigenvalue weighted by Crippen LogP contribution is -2.52. The fraction of sp³-hybridized carbons (Fsp3) is 0.800. The molecule has 2 aliphatic rings. The van der Waals surface area contributed by atoms with Gasteiger partial charge in [-0.05, 0) is 25.4 Å². The fourth-order valence-corrected chi connectivity index (χ4v) is 3.84. The molecule has 2 aliphatic heterocycles. The van der Waals surface area contributed by atoms with Crippen LogP contribution in [0, 0.1) is 0 Å². The third kappa shape index (κ3) is 5.29. The molecule has 24 heavy (non-hydrogen) atoms. The number of carbonyl (C=O) groups is 3. The van der Waals surface area contributed by atoms with Gasteiger partial charge < -0.3 is 19.7 Å². The number of nitrogens with one attached hydrogen (secondary N) is 1. The van der Waals surface area contributed by atoms with E-state index in [-0.39, 0.29) is 12.5 Å². The molecule has 1 N–H and O–H groups in total. The Bertz CT molecular complexity index is 471. The molecule has 136 valence electrons. The van der Waals surface area contributed by atoms with E-state index in [0.29, 0.717) is 19.5 Å². The first kappa shape index (κ1) is 19.4. The van der Waals surface area contributed by atoms with Crippen LogP contribution < -0.4 is 5.32 Å². The Morgan fingerprint density at radius 3 is 2.67 bits per heavy atom. The summed E-state index contributed by atoms with van der Waals surface area (Å²) in [6, 6.07) is -0.569. The Labute approximate surface area is 150 Å². The molecule has 2 rings (SSSR count). The SMILES string of the molecule is CCOC(=O)[C@H]1O[C@@H]1C(=O)N[C@@H](CCSC)C(=O)N1CCSCC1. The molecular weight excluding hydrogens is 352 g/mol. The second-order valence-electron chi connectivity index (χ2n) is 5.51. The van der Waals surface area contributed by atoms with E-state index in [0.717, 1.165) is 17.3 Å². The van der Waals surface area contributed by atoms with Gasteiger partial charge in [-0.2, -0.15) is 23.5 Å². The van der Waals surface area contributed by atoms with Crippen molar-refractivity contribution in [3.63, 3.8) is 0 Å². The van der Waals surface area contributed by atoms with E-state index in [2.05, 4.69) is 5.32 Å². The van der Waals surface area contributed by atoms with E-state index >= 15 is 0 Å². The van der Waals surface area contributed by atoms with Gasteiger partial charge in [-0.1, -0.05) is 0 Å². The van der Waals surface area contributed by atoms with Crippen molar-refractivity contribution >= 4 is 41.3 Å². The van der Waals surface area contributed by atoms with E-state index in [1.807, 2.05) is 18.0 Å². The minimum atomic E-state index is -0.842. The van der Waals surface area contributed by atoms with Crippen LogP contribution in [0.25, 0.3) is 0 Å². The first-order valence-corrected chi connectivity index (χ1v) is 10.6. The molecule has 0 saturated carbocycles. The molecule has 7 nitrogen and oxygen atoms in total. The third-order valence-corrected chi connectivity index (χ3v) is 5.40. The highest BCUT2D eigenvalue weighted by atomic mass is 32.2. The van der Waals surface area contributed by atoms with Crippen molar-refractivity contribution in [2.45, 2.75) is 31.6 Å². The van der Waals surface area contributed by atoms with Crippen LogP contribution in [0.3, 0.4) is 0 Å². The summed E-state index contributed by atoms with van der Waals surface area (Å²) in [4.78, 5) is 38.3. The molecule has 0 aromatic rings. The molecule has 0 aliphatic carbocycles. The van der Waals surface area contributed by atoms with Crippen molar-refractivity contribution in [1.82, 2.24) is 10.2 Å². The van der Waals surface area contributed by atoms with Crippen LogP contribution in [0.15, 0.2) is 0 Å². The molecule has 2 saturated heterocycles. The average Bonchev–Trinajstić information content (AvgIpc) is 3.40. The highest BCUT2D eigenvalue weighted by Gasteiger charge is 2.52. The molecule has 0 spiro atoms. The van der Waals surface area contributed by atoms with Crippen molar-refractivity contribution in [3.05, 3.63) is 0 Å². The van der Waals surface area contributed by atoms with Crippen LogP contribution in [0.4, 0.5) is 0 Å². The molecule has 2 amide bonds. The highest BCUT2D eigenvalue weighted by Crippen LogP contribution is 2.24. The van der Waals surface area contributed by atoms with Gasteiger partial charge >= 0.3 is 5.97 Å². The van der Waals surface area contributed by atoms with Gasteiger partial charge in [-0.25, -0.2) is 4.79 Å². The van der Waals surface area contributed by atoms with E-state index in [4.69, 9.17) is 9.47 Å². The molecule has 3 atom stereocenters. The maximum absolute atomic E-state index is 12.7. The molecule has 9 heteroatoms. The van der Waals surface area contributed by atoms with Crippen molar-refractivity contribution in [2.24, 2.45) is 0 Å². The third-order valence-electron chi connectivity index (χ3n) is 3.82. The number of carbonyl (C=O) groups excluding carboxylic acids is 3. The van der Waals surface area contributed by atoms with Gasteiger partial charge in [0.15, 0.2) is 12.2 Å². The van der Waals surface area contributed by atoms with Crippen LogP contribution in [0.1, 0.15) is 13.3 Å². The largest absolute Gasteiger partial charge is 0.464 e. The second-order valence-corrected chi connectivity index (χ2v) is 7.72. The summed E-state index contributed by atoms with van der Waals surface area (Å²) in [7, 11) is 0. The van der Waals surface area contributed by atoms with Gasteiger partial charge in [0, 0.05) is 24.6 Å². The first-order chi connectivity index (χ1) is 11.6. The number of nitrogens with zero attached hydrogens (tertiary/aromatic N) is 1. The minimum Gasteiger partial charge on any atom is -0.464 e. The summed E-state index contributed by atoms with van der Waals surface area (Å²) in [6.45, 7) is 3.36. The zero-order valence-corrected chi connectivity index (χ0v) is 15.6. The number of rotatable bonds is 8. The Morgan fingerprint density at radius 1 is 1.33 bits per heavy atom. The molecule has 0 unspecified atom stereocenters. The lowest BCUT2D eigenvalue weighted by Gasteiger charge is -2.30. The van der Waals surface area contributed by atoms with Gasteiger partial charge in [0.2, 0.25) is 5.91 Å². The van der Waals surface area contributed by atoms with Gasteiger partial charge in [0.25, 0.3) is 5.91 Å². The number of esters is 1. The summed E-state index contributed by atoms with van der Waals surface area (Å²) in [5.41, 5.74) is 0. The van der Waals surface area contributed by atoms with Gasteiger partial charge in [0.1, 0.15) is 6.04 Å². The van der Waals surface area contributed by atoms with E-state index in [1.54, 1.807) is 23.6 Å². The smallest absolute Gasteiger partial charge is 0.338 e. The zero-order chi connectivity index (χ0) is 17.5. The number of amides is 2. The Hall–Kier alpha value is -0.930. The summed E-state index contributed by atoms with van der Waals surface area (Å²) in [5.74, 6) is 1.62. The number of ether oxygens (including phenoxy) is 2. The van der Waals surface area contributed by atoms with Crippen LogP contribution >= 0.6 is 23.5 Å². The Balaban J connectivity index is 1.89. The van der Waals surface area contributed by atoms with Crippen molar-refractivity contribution in [1.29, 1.82) is 0 Å². The minimum absolute atomic E-state index is 0.0500. The highest BCUT2D eigenvalue weighted by molar-refractivity contribution is 7.99. The maximum Gasteiger partial charge on any atom is 0.338 e. The van der Waals surface area contributed by atoms with Crippen LogP contribution in [-0.4, -0.2) is 84.1 Å². The summed E-state index contributed by atoms with van der Waals surface area (Å²) in [5, 5.41) is 2.75. The predicted molar refractivity (Wildman–Crippen MR) is 94.1 cm³/mol. The zero-order valence-electron chi connectivity index (χ0n) is 14.0. The summed E-state index contributed by atoms with van der Waals surface area (Å²) >= 11 is 3.45. The molecule has 2 fully saturated rings. The normalized spacial score (nSPS) is 24.2. The quantitative estimate of drug-likeness (QED) is 0.476. The molecular formula is C15H24N2O5S2. The number of hydrogen-bond donors (Lipinski definition) is 1. The van der Waals surface area contributed by atoms with Crippen molar-refractivity contribution in [2.75, 3.05) is 43.2 Å². The number of epoxide rings is 1. The Morgan fingerprint density at radius 2 is 2.04 bits per heavy atom. The number of hydrogen-bond acceptors (Lipinski definition) is 7. The van der Waals surface area contributed by atoms with E-state index < -0.39 is 30.1 Å². The lowest BCUT2D eigenvalue weighted by molar-refractivity contribution is -0.144. The predicted octanol–water partition coefficient (Wildman–Crippen LogP) is 0.130. The van der Waals surface area contributed by atoms with Crippen LogP contribution in [0.2, 0.25) is 0 Å². The topological polar surface area (TPSA) is 88.2 Å². The summed E-state index contributed by atoms with van der Waals surface area (Å²) < 4.78 is 9.94. The fourth-order valence-electron chi connectivity index (χ4n) is 2.47. The molecule has 2 heterocycles. The molecule has 0 aromatic carbocycles. The van der Waals surface area contributed by atoms with Gasteiger partial charge in [-0.15, -0.1) is 0 Å². The maximum atomic E-state index is 12.7. The van der Waals surface area contributed by atoms with Crippen molar-refractivity contribution < 1.29 is 23.9 Å². The summed E-state index contributed by atoms with van der Waals surface area (Å²) in [6.07, 6.45) is 0.839. The standard InChI is InChI=1S/C15H24N2O5S2/c1-3-21-15(20)12-11(22-12)13(18)16-10(4-7-23-2)14(19)17-5-8-24-9-6-17/h10-12H,3-9H2,1-2H3,(H,16,18)/t10-,11-,12-/m0/s1. The first-order valence-electron chi connectivity index (χ1n) is 8.06. The van der Waals surface area contributed by atoms with E-state index in [9.17, 15) is 14.4 Å². The Kier molecular flexibility index (Phi) is 7.70. The molecule has 0 aromatic heterocycles. The monoisotopic (exact) mass is 376 g/mol. The van der Waals surface area contributed by atoms with Gasteiger partial charge in [-0.3, -0.25) is 9.59 Å². The van der Waals surface area contributed by atoms with E-state index in [1.165, 1.54) is 0 Å². The van der Waals surface area contributed by atoms with Crippen molar-refractivity contribution in [3.8, 4) is 0 Å².